The number of ether oxygens (including phenoxy) is 4. The van der Waals surface area contributed by atoms with E-state index in [1.807, 2.05) is 0 Å². The van der Waals surface area contributed by atoms with Crippen molar-refractivity contribution >= 4 is 17.9 Å². The van der Waals surface area contributed by atoms with Crippen LogP contribution in [0.5, 0.6) is 0 Å². The summed E-state index contributed by atoms with van der Waals surface area (Å²) in [5.74, 6) is -2.57. The van der Waals surface area contributed by atoms with Crippen LogP contribution in [0, 0.1) is 0 Å². The standard InChI is InChI=1S/C27H22FN3O7/c28-16-20-21(36-25(32)17-10-4-1-5-11-17)22(37-26(33)18-12-6-2-7-13-18)23(24(35-20)30-31-29)38-27(34)19-14-8-3-9-15-19/h1-15,20-24H,16H2/t20-,21-,22+,23-,24-/m1/s1. The van der Waals surface area contributed by atoms with Gasteiger partial charge in [0.25, 0.3) is 0 Å². The number of azide groups is 1. The maximum absolute atomic E-state index is 14.2. The number of alkyl halides is 1. The van der Waals surface area contributed by atoms with Crippen molar-refractivity contribution in [1.29, 1.82) is 0 Å². The van der Waals surface area contributed by atoms with E-state index in [4.69, 9.17) is 24.5 Å². The van der Waals surface area contributed by atoms with Crippen LogP contribution in [0.15, 0.2) is 96.1 Å². The third-order valence-electron chi connectivity index (χ3n) is 5.68. The molecule has 38 heavy (non-hydrogen) atoms. The number of benzene rings is 3. The van der Waals surface area contributed by atoms with Crippen LogP contribution in [-0.4, -0.2) is 55.2 Å². The summed E-state index contributed by atoms with van der Waals surface area (Å²) in [6, 6.07) is 23.6. The third kappa shape index (κ3) is 6.15. The SMILES string of the molecule is [N-]=[N+]=N[C@@H]1O[C@H](CF)[C@@H](OC(=O)c2ccccc2)[C@H](OC(=O)c2ccccc2)[C@H]1OC(=O)c1ccccc1. The fourth-order valence-corrected chi connectivity index (χ4v) is 3.86. The lowest BCUT2D eigenvalue weighted by molar-refractivity contribution is -0.223. The first-order valence-corrected chi connectivity index (χ1v) is 11.6. The molecule has 0 amide bonds. The second kappa shape index (κ2) is 12.5. The number of nitrogens with zero attached hydrogens (tertiary/aromatic N) is 3. The Morgan fingerprint density at radius 1 is 0.711 bits per heavy atom. The summed E-state index contributed by atoms with van der Waals surface area (Å²) in [6.07, 6.45) is -7.82. The van der Waals surface area contributed by atoms with Crippen molar-refractivity contribution in [1.82, 2.24) is 0 Å². The molecule has 1 fully saturated rings. The van der Waals surface area contributed by atoms with E-state index in [0.29, 0.717) is 0 Å². The summed E-state index contributed by atoms with van der Waals surface area (Å²) in [4.78, 5) is 41.6. The van der Waals surface area contributed by atoms with Gasteiger partial charge in [-0.25, -0.2) is 18.8 Å². The molecule has 3 aromatic carbocycles. The molecule has 10 nitrogen and oxygen atoms in total. The highest BCUT2D eigenvalue weighted by atomic mass is 19.1. The summed E-state index contributed by atoms with van der Waals surface area (Å²) < 4.78 is 36.5. The monoisotopic (exact) mass is 519 g/mol. The summed E-state index contributed by atoms with van der Waals surface area (Å²) >= 11 is 0. The van der Waals surface area contributed by atoms with Crippen LogP contribution < -0.4 is 0 Å². The first-order chi connectivity index (χ1) is 18.5. The van der Waals surface area contributed by atoms with E-state index in [1.165, 1.54) is 36.4 Å². The van der Waals surface area contributed by atoms with Gasteiger partial charge in [0.15, 0.2) is 24.5 Å². The number of carbonyl (C=O) groups is 3. The van der Waals surface area contributed by atoms with Gasteiger partial charge in [0, 0.05) is 4.91 Å². The lowest BCUT2D eigenvalue weighted by atomic mass is 9.97. The molecule has 0 unspecified atom stereocenters. The smallest absolute Gasteiger partial charge is 0.338 e. The predicted molar refractivity (Wildman–Crippen MR) is 131 cm³/mol. The van der Waals surface area contributed by atoms with Crippen molar-refractivity contribution < 1.29 is 37.7 Å². The molecule has 0 aromatic heterocycles. The Balaban J connectivity index is 1.72. The fourth-order valence-electron chi connectivity index (χ4n) is 3.86. The number of rotatable bonds is 8. The van der Waals surface area contributed by atoms with Crippen LogP contribution in [0.25, 0.3) is 10.4 Å². The molecule has 0 spiro atoms. The second-order valence-corrected chi connectivity index (χ2v) is 8.13. The van der Waals surface area contributed by atoms with Gasteiger partial charge < -0.3 is 18.9 Å². The van der Waals surface area contributed by atoms with Crippen LogP contribution >= 0.6 is 0 Å². The van der Waals surface area contributed by atoms with E-state index < -0.39 is 55.2 Å². The van der Waals surface area contributed by atoms with Crippen LogP contribution in [0.2, 0.25) is 0 Å². The molecule has 3 aromatic rings. The summed E-state index contributed by atoms with van der Waals surface area (Å²) in [5.41, 5.74) is 9.53. The highest BCUT2D eigenvalue weighted by Gasteiger charge is 2.52. The maximum atomic E-state index is 14.2. The maximum Gasteiger partial charge on any atom is 0.338 e. The van der Waals surface area contributed by atoms with Gasteiger partial charge in [0.2, 0.25) is 0 Å². The summed E-state index contributed by atoms with van der Waals surface area (Å²) in [5, 5.41) is 3.49. The van der Waals surface area contributed by atoms with Gasteiger partial charge in [0.05, 0.1) is 16.7 Å². The van der Waals surface area contributed by atoms with Crippen molar-refractivity contribution in [2.24, 2.45) is 5.11 Å². The van der Waals surface area contributed by atoms with Crippen molar-refractivity contribution in [3.63, 3.8) is 0 Å². The Bertz CT molecular complexity index is 1300. The molecule has 0 bridgehead atoms. The highest BCUT2D eigenvalue weighted by Crippen LogP contribution is 2.31. The van der Waals surface area contributed by atoms with Crippen LogP contribution in [-0.2, 0) is 18.9 Å². The Labute approximate surface area is 216 Å². The Hall–Kier alpha value is -4.73. The Kier molecular flexibility index (Phi) is 8.65. The van der Waals surface area contributed by atoms with Crippen molar-refractivity contribution in [2.75, 3.05) is 6.67 Å². The topological polar surface area (TPSA) is 137 Å². The van der Waals surface area contributed by atoms with E-state index in [2.05, 4.69) is 10.0 Å². The third-order valence-corrected chi connectivity index (χ3v) is 5.68. The molecule has 194 valence electrons. The zero-order valence-electron chi connectivity index (χ0n) is 19.8. The molecule has 0 radical (unpaired) electrons. The molecule has 1 heterocycles. The predicted octanol–water partition coefficient (Wildman–Crippen LogP) is 4.67. The minimum atomic E-state index is -1.59. The Morgan fingerprint density at radius 3 is 1.50 bits per heavy atom. The van der Waals surface area contributed by atoms with Gasteiger partial charge in [0.1, 0.15) is 12.8 Å². The minimum absolute atomic E-state index is 0.136. The van der Waals surface area contributed by atoms with Gasteiger partial charge in [-0.3, -0.25) is 0 Å². The lowest BCUT2D eigenvalue weighted by Crippen LogP contribution is -2.61. The second-order valence-electron chi connectivity index (χ2n) is 8.13. The molecule has 5 atom stereocenters. The van der Waals surface area contributed by atoms with Gasteiger partial charge in [-0.05, 0) is 41.9 Å². The van der Waals surface area contributed by atoms with Crippen molar-refractivity contribution in [3.8, 4) is 0 Å². The lowest BCUT2D eigenvalue weighted by Gasteiger charge is -2.42. The van der Waals surface area contributed by atoms with Crippen LogP contribution in [0.1, 0.15) is 31.1 Å². The van der Waals surface area contributed by atoms with E-state index in [1.54, 1.807) is 54.6 Å². The molecule has 4 rings (SSSR count). The van der Waals surface area contributed by atoms with Gasteiger partial charge >= 0.3 is 17.9 Å². The van der Waals surface area contributed by atoms with E-state index in [-0.39, 0.29) is 16.7 Å². The van der Waals surface area contributed by atoms with Crippen LogP contribution in [0.4, 0.5) is 4.39 Å². The minimum Gasteiger partial charge on any atom is -0.452 e. The largest absolute Gasteiger partial charge is 0.452 e. The fraction of sp³-hybridized carbons (Fsp3) is 0.222. The zero-order valence-corrected chi connectivity index (χ0v) is 19.8. The number of carbonyl (C=O) groups excluding carboxylic acids is 3. The van der Waals surface area contributed by atoms with E-state index >= 15 is 0 Å². The zero-order chi connectivity index (χ0) is 26.9. The molecular formula is C27H22FN3O7. The molecule has 11 heteroatoms. The first-order valence-electron chi connectivity index (χ1n) is 11.6. The van der Waals surface area contributed by atoms with Gasteiger partial charge in [-0.15, -0.1) is 0 Å². The summed E-state index contributed by atoms with van der Waals surface area (Å²) in [7, 11) is 0. The normalized spacial score (nSPS) is 22.4. The average Bonchev–Trinajstić information content (AvgIpc) is 2.97. The van der Waals surface area contributed by atoms with Crippen LogP contribution in [0.3, 0.4) is 0 Å². The molecule has 0 aliphatic carbocycles. The molecular weight excluding hydrogens is 497 g/mol. The number of hydrogen-bond acceptors (Lipinski definition) is 8. The summed E-state index contributed by atoms with van der Waals surface area (Å²) in [6.45, 7) is -1.19. The number of halogens is 1. The number of esters is 3. The molecule has 1 aliphatic rings. The molecule has 1 saturated heterocycles. The molecule has 1 aliphatic heterocycles. The van der Waals surface area contributed by atoms with Crippen molar-refractivity contribution in [3.05, 3.63) is 118 Å². The average molecular weight is 519 g/mol. The highest BCUT2D eigenvalue weighted by molar-refractivity contribution is 5.91. The molecule has 0 N–H and O–H groups in total. The van der Waals surface area contributed by atoms with Gasteiger partial charge in [-0.1, -0.05) is 59.7 Å². The Morgan fingerprint density at radius 2 is 1.11 bits per heavy atom. The van der Waals surface area contributed by atoms with E-state index in [9.17, 15) is 18.8 Å². The number of hydrogen-bond donors (Lipinski definition) is 0. The van der Waals surface area contributed by atoms with Crippen molar-refractivity contribution in [2.45, 2.75) is 30.6 Å². The van der Waals surface area contributed by atoms with E-state index in [0.717, 1.165) is 0 Å². The molecule has 0 saturated carbocycles. The quantitative estimate of drug-likeness (QED) is 0.139. The first kappa shape index (κ1) is 26.3. The van der Waals surface area contributed by atoms with Gasteiger partial charge in [-0.2, -0.15) is 0 Å².